The van der Waals surface area contributed by atoms with Crippen molar-refractivity contribution in [2.75, 3.05) is 0 Å². The molecule has 0 saturated carbocycles. The smallest absolute Gasteiger partial charge is 0.141 e. The number of aryl methyl sites for hydroxylation is 1. The maximum Gasteiger partial charge on any atom is 0.141 e. The molecule has 1 atom stereocenters. The van der Waals surface area contributed by atoms with Crippen LogP contribution in [-0.4, -0.2) is 14.8 Å². The lowest BCUT2D eigenvalue weighted by atomic mass is 10.0. The average molecular weight is 249 g/mol. The van der Waals surface area contributed by atoms with Gasteiger partial charge in [-0.25, -0.2) is 9.82 Å². The van der Waals surface area contributed by atoms with E-state index in [0.29, 0.717) is 5.56 Å². The predicted octanol–water partition coefficient (Wildman–Crippen LogP) is 1.38. The van der Waals surface area contributed by atoms with Gasteiger partial charge in [0.2, 0.25) is 0 Å². The largest absolute Gasteiger partial charge is 0.272 e. The number of nitrogens with zero attached hydrogens (tertiary/aromatic N) is 3. The first-order chi connectivity index (χ1) is 8.74. The van der Waals surface area contributed by atoms with Gasteiger partial charge in [-0.1, -0.05) is 6.92 Å². The zero-order chi connectivity index (χ0) is 13.0. The molecule has 96 valence electrons. The maximum absolute atomic E-state index is 13.2. The van der Waals surface area contributed by atoms with Crippen LogP contribution in [0.5, 0.6) is 0 Å². The Morgan fingerprint density at radius 1 is 1.39 bits per heavy atom. The maximum atomic E-state index is 13.2. The summed E-state index contributed by atoms with van der Waals surface area (Å²) in [5.41, 5.74) is 4.22. The third-order valence-electron chi connectivity index (χ3n) is 2.67. The molecular formula is C12H16FN5. The Labute approximate surface area is 105 Å². The van der Waals surface area contributed by atoms with E-state index in [9.17, 15) is 4.39 Å². The molecule has 0 fully saturated rings. The Hall–Kier alpha value is -1.79. The molecule has 2 aromatic heterocycles. The first-order valence-corrected chi connectivity index (χ1v) is 5.83. The van der Waals surface area contributed by atoms with Crippen LogP contribution in [0.1, 0.15) is 30.5 Å². The lowest BCUT2D eigenvalue weighted by Gasteiger charge is -2.13. The van der Waals surface area contributed by atoms with Crippen molar-refractivity contribution in [1.29, 1.82) is 0 Å². The van der Waals surface area contributed by atoms with Crippen LogP contribution in [0.3, 0.4) is 0 Å². The van der Waals surface area contributed by atoms with Crippen molar-refractivity contribution in [3.63, 3.8) is 0 Å². The van der Waals surface area contributed by atoms with Crippen LogP contribution in [-0.2, 0) is 6.54 Å². The summed E-state index contributed by atoms with van der Waals surface area (Å²) in [5.74, 6) is 5.15. The highest BCUT2D eigenvalue weighted by atomic mass is 19.1. The summed E-state index contributed by atoms with van der Waals surface area (Å²) < 4.78 is 15.0. The normalized spacial score (nSPS) is 12.6. The summed E-state index contributed by atoms with van der Waals surface area (Å²) in [5, 5.41) is 4.23. The Bertz CT molecular complexity index is 511. The van der Waals surface area contributed by atoms with Crippen molar-refractivity contribution in [1.82, 2.24) is 20.2 Å². The Balaban J connectivity index is 2.27. The molecule has 1 unspecified atom stereocenters. The monoisotopic (exact) mass is 249 g/mol. The molecule has 0 amide bonds. The molecule has 0 radical (unpaired) electrons. The van der Waals surface area contributed by atoms with Crippen LogP contribution >= 0.6 is 0 Å². The zero-order valence-corrected chi connectivity index (χ0v) is 10.2. The highest BCUT2D eigenvalue weighted by Gasteiger charge is 2.15. The number of hydrazine groups is 1. The Morgan fingerprint density at radius 3 is 2.89 bits per heavy atom. The summed E-state index contributed by atoms with van der Waals surface area (Å²) in [4.78, 5) is 3.82. The van der Waals surface area contributed by atoms with Crippen molar-refractivity contribution >= 4 is 0 Å². The van der Waals surface area contributed by atoms with Gasteiger partial charge in [0.1, 0.15) is 5.82 Å². The fraction of sp³-hybridized carbons (Fsp3) is 0.333. The average Bonchev–Trinajstić information content (AvgIpc) is 2.79. The van der Waals surface area contributed by atoms with Gasteiger partial charge >= 0.3 is 0 Å². The second kappa shape index (κ2) is 5.70. The van der Waals surface area contributed by atoms with E-state index >= 15 is 0 Å². The minimum atomic E-state index is -0.381. The molecule has 0 aliphatic carbocycles. The van der Waals surface area contributed by atoms with Crippen LogP contribution in [0.25, 0.3) is 0 Å². The van der Waals surface area contributed by atoms with Crippen molar-refractivity contribution < 1.29 is 4.39 Å². The molecule has 0 spiro atoms. The van der Waals surface area contributed by atoms with E-state index < -0.39 is 0 Å². The molecule has 2 heterocycles. The topological polar surface area (TPSA) is 68.8 Å². The van der Waals surface area contributed by atoms with Crippen molar-refractivity contribution in [3.05, 3.63) is 47.8 Å². The third-order valence-corrected chi connectivity index (χ3v) is 2.67. The second-order valence-corrected chi connectivity index (χ2v) is 4.07. The van der Waals surface area contributed by atoms with Gasteiger partial charge in [-0.3, -0.25) is 15.5 Å². The number of nitrogens with one attached hydrogen (secondary N) is 1. The Morgan fingerprint density at radius 2 is 2.22 bits per heavy atom. The number of rotatable bonds is 5. The molecule has 0 aliphatic heterocycles. The number of nitrogens with two attached hydrogens (primary N) is 1. The minimum absolute atomic E-state index is 0.307. The lowest BCUT2D eigenvalue weighted by Crippen LogP contribution is -2.28. The molecule has 2 aromatic rings. The van der Waals surface area contributed by atoms with E-state index in [1.165, 1.54) is 6.07 Å². The van der Waals surface area contributed by atoms with Gasteiger partial charge in [0.25, 0.3) is 0 Å². The zero-order valence-electron chi connectivity index (χ0n) is 10.2. The number of aromatic nitrogens is 3. The predicted molar refractivity (Wildman–Crippen MR) is 65.9 cm³/mol. The summed E-state index contributed by atoms with van der Waals surface area (Å²) >= 11 is 0. The highest BCUT2D eigenvalue weighted by molar-refractivity contribution is 5.26. The van der Waals surface area contributed by atoms with E-state index in [-0.39, 0.29) is 11.9 Å². The van der Waals surface area contributed by atoms with Gasteiger partial charge in [0.05, 0.1) is 18.4 Å². The number of hydrogen-bond donors (Lipinski definition) is 2. The van der Waals surface area contributed by atoms with Gasteiger partial charge in [-0.2, -0.15) is 5.10 Å². The van der Waals surface area contributed by atoms with E-state index in [2.05, 4.69) is 22.4 Å². The summed E-state index contributed by atoms with van der Waals surface area (Å²) in [6.45, 7) is 2.93. The van der Waals surface area contributed by atoms with Gasteiger partial charge in [-0.05, 0) is 18.1 Å². The SMILES string of the molecule is CCCn1cc(C(NN)c2cncc(F)c2)cn1. The first kappa shape index (κ1) is 12.7. The molecule has 0 aliphatic rings. The van der Waals surface area contributed by atoms with E-state index in [1.54, 1.807) is 12.4 Å². The molecule has 18 heavy (non-hydrogen) atoms. The van der Waals surface area contributed by atoms with E-state index in [4.69, 9.17) is 5.84 Å². The quantitative estimate of drug-likeness (QED) is 0.620. The lowest BCUT2D eigenvalue weighted by molar-refractivity contribution is 0.591. The molecule has 0 aromatic carbocycles. The molecule has 3 N–H and O–H groups in total. The van der Waals surface area contributed by atoms with Gasteiger partial charge in [0, 0.05) is 24.5 Å². The van der Waals surface area contributed by atoms with Crippen LogP contribution in [0.15, 0.2) is 30.9 Å². The fourth-order valence-corrected chi connectivity index (χ4v) is 1.85. The number of halogens is 1. The van der Waals surface area contributed by atoms with Gasteiger partial charge in [0.15, 0.2) is 0 Å². The molecule has 0 saturated heterocycles. The number of pyridine rings is 1. The van der Waals surface area contributed by atoms with E-state index in [0.717, 1.165) is 24.7 Å². The van der Waals surface area contributed by atoms with Crippen LogP contribution in [0.4, 0.5) is 4.39 Å². The summed E-state index contributed by atoms with van der Waals surface area (Å²) in [7, 11) is 0. The summed E-state index contributed by atoms with van der Waals surface area (Å²) in [6, 6.07) is 1.10. The third kappa shape index (κ3) is 2.72. The standard InChI is InChI=1S/C12H16FN5/c1-2-3-18-8-10(6-16-18)12(17-14)9-4-11(13)7-15-5-9/h4-8,12,17H,2-3,14H2,1H3. The molecule has 6 heteroatoms. The minimum Gasteiger partial charge on any atom is -0.272 e. The van der Waals surface area contributed by atoms with E-state index in [1.807, 2.05) is 10.9 Å². The van der Waals surface area contributed by atoms with Crippen LogP contribution < -0.4 is 11.3 Å². The Kier molecular flexibility index (Phi) is 4.01. The molecule has 0 bridgehead atoms. The van der Waals surface area contributed by atoms with Gasteiger partial charge in [-0.15, -0.1) is 0 Å². The van der Waals surface area contributed by atoms with Crippen molar-refractivity contribution in [2.45, 2.75) is 25.9 Å². The number of hydrogen-bond acceptors (Lipinski definition) is 4. The molecular weight excluding hydrogens is 233 g/mol. The molecule has 5 nitrogen and oxygen atoms in total. The van der Waals surface area contributed by atoms with Gasteiger partial charge < -0.3 is 0 Å². The second-order valence-electron chi connectivity index (χ2n) is 4.07. The van der Waals surface area contributed by atoms with Crippen molar-refractivity contribution in [2.24, 2.45) is 5.84 Å². The molecule has 2 rings (SSSR count). The van der Waals surface area contributed by atoms with Crippen molar-refractivity contribution in [3.8, 4) is 0 Å². The highest BCUT2D eigenvalue weighted by Crippen LogP contribution is 2.20. The fourth-order valence-electron chi connectivity index (χ4n) is 1.85. The van der Waals surface area contributed by atoms with Crippen LogP contribution in [0, 0.1) is 5.82 Å². The summed E-state index contributed by atoms with van der Waals surface area (Å²) in [6.07, 6.45) is 7.38. The first-order valence-electron chi connectivity index (χ1n) is 5.83. The van der Waals surface area contributed by atoms with Crippen LogP contribution in [0.2, 0.25) is 0 Å².